The molecule has 0 heterocycles. The number of halogens is 7. The van der Waals surface area contributed by atoms with Gasteiger partial charge in [-0.25, -0.2) is 4.79 Å². The number of alkyl halides is 7. The van der Waals surface area contributed by atoms with Gasteiger partial charge in [0.05, 0.1) is 5.56 Å². The summed E-state index contributed by atoms with van der Waals surface area (Å²) in [5.41, 5.74) is -2.14. The van der Waals surface area contributed by atoms with Crippen LogP contribution < -0.4 is 0 Å². The lowest BCUT2D eigenvalue weighted by atomic mass is 10.0. The molecule has 1 aromatic rings. The second-order valence-corrected chi connectivity index (χ2v) is 3.53. The molecule has 1 aromatic carbocycles. The summed E-state index contributed by atoms with van der Waals surface area (Å²) in [7, 11) is 0. The third-order valence-electron chi connectivity index (χ3n) is 2.24. The van der Waals surface area contributed by atoms with Gasteiger partial charge >= 0.3 is 24.0 Å². The standard InChI is InChI=1S/C10H5F7O2/c11-8(12,9(13,14)10(15,16)17)6-3-1-5(2-4-6)7(18)19/h1-4H,(H,18,19). The molecule has 1 rings (SSSR count). The van der Waals surface area contributed by atoms with E-state index in [1.807, 2.05) is 0 Å². The van der Waals surface area contributed by atoms with E-state index in [0.29, 0.717) is 12.1 Å². The van der Waals surface area contributed by atoms with E-state index >= 15 is 0 Å². The Balaban J connectivity index is 3.24. The first kappa shape index (κ1) is 15.3. The van der Waals surface area contributed by atoms with Crippen LogP contribution in [-0.2, 0) is 5.92 Å². The molecule has 0 aliphatic carbocycles. The highest BCUT2D eigenvalue weighted by atomic mass is 19.4. The topological polar surface area (TPSA) is 37.3 Å². The Bertz CT molecular complexity index is 476. The van der Waals surface area contributed by atoms with E-state index in [9.17, 15) is 35.5 Å². The van der Waals surface area contributed by atoms with Crippen molar-refractivity contribution < 1.29 is 40.6 Å². The van der Waals surface area contributed by atoms with Gasteiger partial charge in [-0.1, -0.05) is 12.1 Å². The highest BCUT2D eigenvalue weighted by molar-refractivity contribution is 5.87. The van der Waals surface area contributed by atoms with Crippen LogP contribution in [0.15, 0.2) is 24.3 Å². The molecule has 0 aliphatic rings. The molecule has 0 fully saturated rings. The van der Waals surface area contributed by atoms with E-state index < -0.39 is 35.1 Å². The third-order valence-corrected chi connectivity index (χ3v) is 2.24. The van der Waals surface area contributed by atoms with Crippen molar-refractivity contribution in [2.75, 3.05) is 0 Å². The van der Waals surface area contributed by atoms with Crippen molar-refractivity contribution >= 4 is 5.97 Å². The summed E-state index contributed by atoms with van der Waals surface area (Å²) in [5, 5.41) is 8.45. The van der Waals surface area contributed by atoms with Crippen molar-refractivity contribution in [2.45, 2.75) is 18.0 Å². The fourth-order valence-corrected chi connectivity index (χ4v) is 1.18. The maximum Gasteiger partial charge on any atom is 0.460 e. The van der Waals surface area contributed by atoms with Crippen LogP contribution in [0.2, 0.25) is 0 Å². The number of carboxylic acid groups (broad SMARTS) is 1. The Labute approximate surface area is 101 Å². The number of carboxylic acids is 1. The first-order valence-electron chi connectivity index (χ1n) is 4.57. The average Bonchev–Trinajstić information content (AvgIpc) is 2.27. The lowest BCUT2D eigenvalue weighted by molar-refractivity contribution is -0.359. The molecule has 0 aliphatic heterocycles. The second-order valence-electron chi connectivity index (χ2n) is 3.53. The van der Waals surface area contributed by atoms with Crippen molar-refractivity contribution in [3.63, 3.8) is 0 Å². The Kier molecular flexibility index (Phi) is 3.53. The average molecular weight is 290 g/mol. The SMILES string of the molecule is O=C(O)c1ccc(C(F)(F)C(F)(F)C(F)(F)F)cc1. The molecule has 0 aromatic heterocycles. The molecule has 0 bridgehead atoms. The molecule has 0 atom stereocenters. The fourth-order valence-electron chi connectivity index (χ4n) is 1.18. The van der Waals surface area contributed by atoms with Crippen LogP contribution in [0.1, 0.15) is 15.9 Å². The van der Waals surface area contributed by atoms with E-state index in [4.69, 9.17) is 5.11 Å². The maximum atomic E-state index is 13.1. The van der Waals surface area contributed by atoms with Gasteiger partial charge in [-0.3, -0.25) is 0 Å². The van der Waals surface area contributed by atoms with Gasteiger partial charge in [0.25, 0.3) is 0 Å². The van der Waals surface area contributed by atoms with Crippen molar-refractivity contribution in [1.82, 2.24) is 0 Å². The smallest absolute Gasteiger partial charge is 0.460 e. The van der Waals surface area contributed by atoms with Crippen molar-refractivity contribution in [3.05, 3.63) is 35.4 Å². The predicted octanol–water partition coefficient (Wildman–Crippen LogP) is 3.67. The van der Waals surface area contributed by atoms with Crippen LogP contribution >= 0.6 is 0 Å². The van der Waals surface area contributed by atoms with Crippen LogP contribution in [0, 0.1) is 0 Å². The molecule has 0 radical (unpaired) electrons. The highest BCUT2D eigenvalue weighted by Gasteiger charge is 2.73. The number of hydrogen-bond acceptors (Lipinski definition) is 1. The lowest BCUT2D eigenvalue weighted by Crippen LogP contribution is -2.50. The van der Waals surface area contributed by atoms with Crippen molar-refractivity contribution in [2.24, 2.45) is 0 Å². The maximum absolute atomic E-state index is 13.1. The molecule has 1 N–H and O–H groups in total. The zero-order valence-corrected chi connectivity index (χ0v) is 8.81. The van der Waals surface area contributed by atoms with Gasteiger partial charge in [0, 0.05) is 5.56 Å². The molecular formula is C10H5F7O2. The minimum absolute atomic E-state index is 0.211. The van der Waals surface area contributed by atoms with E-state index in [-0.39, 0.29) is 12.1 Å². The second kappa shape index (κ2) is 4.39. The molecule has 9 heteroatoms. The summed E-state index contributed by atoms with van der Waals surface area (Å²) in [4.78, 5) is 10.4. The van der Waals surface area contributed by atoms with Crippen molar-refractivity contribution in [3.8, 4) is 0 Å². The Morgan fingerprint density at radius 3 is 1.63 bits per heavy atom. The Morgan fingerprint density at radius 1 is 0.895 bits per heavy atom. The molecule has 0 saturated carbocycles. The van der Waals surface area contributed by atoms with Gasteiger partial charge in [-0.2, -0.15) is 30.7 Å². The monoisotopic (exact) mass is 290 g/mol. The quantitative estimate of drug-likeness (QED) is 0.862. The van der Waals surface area contributed by atoms with Gasteiger partial charge in [0.1, 0.15) is 0 Å². The summed E-state index contributed by atoms with van der Waals surface area (Å²) in [6.07, 6.45) is -6.43. The number of rotatable bonds is 3. The normalized spacial score (nSPS) is 13.4. The zero-order valence-electron chi connectivity index (χ0n) is 8.81. The largest absolute Gasteiger partial charge is 0.478 e. The van der Waals surface area contributed by atoms with Gasteiger partial charge < -0.3 is 5.11 Å². The van der Waals surface area contributed by atoms with Gasteiger partial charge in [-0.05, 0) is 12.1 Å². The van der Waals surface area contributed by atoms with Crippen LogP contribution in [0.5, 0.6) is 0 Å². The van der Waals surface area contributed by atoms with Gasteiger partial charge in [0.2, 0.25) is 0 Å². The fraction of sp³-hybridized carbons (Fsp3) is 0.300. The van der Waals surface area contributed by atoms with Crippen LogP contribution in [-0.4, -0.2) is 23.2 Å². The molecule has 0 spiro atoms. The Morgan fingerprint density at radius 2 is 1.32 bits per heavy atom. The molecule has 0 saturated heterocycles. The van der Waals surface area contributed by atoms with E-state index in [1.165, 1.54) is 0 Å². The minimum Gasteiger partial charge on any atom is -0.478 e. The molecule has 0 amide bonds. The van der Waals surface area contributed by atoms with E-state index in [1.54, 1.807) is 0 Å². The molecule has 2 nitrogen and oxygen atoms in total. The van der Waals surface area contributed by atoms with Crippen LogP contribution in [0.3, 0.4) is 0 Å². The summed E-state index contributed by atoms with van der Waals surface area (Å²) in [6.45, 7) is 0. The van der Waals surface area contributed by atoms with Gasteiger partial charge in [-0.15, -0.1) is 0 Å². The lowest BCUT2D eigenvalue weighted by Gasteiger charge is -2.28. The summed E-state index contributed by atoms with van der Waals surface area (Å²) < 4.78 is 87.3. The summed E-state index contributed by atoms with van der Waals surface area (Å²) in [6, 6.07) is 1.45. The van der Waals surface area contributed by atoms with E-state index in [2.05, 4.69) is 0 Å². The first-order chi connectivity index (χ1) is 8.41. The highest BCUT2D eigenvalue weighted by Crippen LogP contribution is 2.51. The first-order valence-corrected chi connectivity index (χ1v) is 4.57. The third kappa shape index (κ3) is 2.49. The zero-order chi connectivity index (χ0) is 15.1. The van der Waals surface area contributed by atoms with Crippen molar-refractivity contribution in [1.29, 1.82) is 0 Å². The molecule has 0 unspecified atom stereocenters. The number of benzene rings is 1. The molecular weight excluding hydrogens is 285 g/mol. The van der Waals surface area contributed by atoms with Crippen LogP contribution in [0.4, 0.5) is 30.7 Å². The molecule has 19 heavy (non-hydrogen) atoms. The van der Waals surface area contributed by atoms with Gasteiger partial charge in [0.15, 0.2) is 0 Å². The number of hydrogen-bond donors (Lipinski definition) is 1. The van der Waals surface area contributed by atoms with Crippen LogP contribution in [0.25, 0.3) is 0 Å². The number of carbonyl (C=O) groups is 1. The minimum atomic E-state index is -6.43. The number of aromatic carboxylic acids is 1. The van der Waals surface area contributed by atoms with E-state index in [0.717, 1.165) is 0 Å². The summed E-state index contributed by atoms with van der Waals surface area (Å²) >= 11 is 0. The summed E-state index contributed by atoms with van der Waals surface area (Å²) in [5.74, 6) is -13.3. The predicted molar refractivity (Wildman–Crippen MR) is 48.3 cm³/mol. The molecule has 106 valence electrons. The Hall–Kier alpha value is -1.80.